The Morgan fingerprint density at radius 2 is 0.650 bits per heavy atom. The first kappa shape index (κ1) is 32.9. The highest BCUT2D eigenvalue weighted by Crippen LogP contribution is 2.41. The second-order valence-corrected chi connectivity index (χ2v) is 15.7. The summed E-state index contributed by atoms with van der Waals surface area (Å²) in [6.07, 6.45) is 3.81. The smallest absolute Gasteiger partial charge is 0.151 e. The molecule has 4 heteroatoms. The minimum atomic E-state index is 0.815. The van der Waals surface area contributed by atoms with Gasteiger partial charge in [0.2, 0.25) is 0 Å². The fourth-order valence-electron chi connectivity index (χ4n) is 9.97. The number of nitrogens with zero attached hydrogens (tertiary/aromatic N) is 3. The average molecular weight is 766 g/mol. The number of para-hydroxylation sites is 5. The molecule has 0 amide bonds. The van der Waals surface area contributed by atoms with Crippen molar-refractivity contribution in [1.82, 2.24) is 13.7 Å². The molecule has 0 saturated carbocycles. The Bertz CT molecular complexity index is 3850. The van der Waals surface area contributed by atoms with Crippen molar-refractivity contribution in [1.29, 1.82) is 0 Å². The van der Waals surface area contributed by atoms with Gasteiger partial charge in [-0.25, -0.2) is 0 Å². The maximum absolute atomic E-state index is 6.39. The topological polar surface area (TPSA) is 27.9 Å². The maximum atomic E-state index is 6.39. The molecule has 10 aromatic carbocycles. The van der Waals surface area contributed by atoms with Crippen molar-refractivity contribution in [2.75, 3.05) is 0 Å². The van der Waals surface area contributed by atoms with Gasteiger partial charge in [0.1, 0.15) is 6.26 Å². The lowest BCUT2D eigenvalue weighted by molar-refractivity contribution is 0.593. The standard InChI is InChI=1S/C56H35N3O/c1-2-14-36(15-3-1)57-30-31-60-56-35-50-40-17-5-4-16-39(40)47-32-37(58-51-22-10-6-18-43(51)44-19-7-11-23-52(44)58)26-28-41(47)42-29-27-38(33-48(42)49(50)34-55(56)57)59-53-24-12-8-20-45(53)46-21-9-13-25-54(46)59/h1-35H. The number of aromatic nitrogens is 3. The second kappa shape index (κ2) is 12.7. The fraction of sp³-hybridized carbons (Fsp3) is 0. The summed E-state index contributed by atoms with van der Waals surface area (Å²) in [5, 5.41) is 14.3. The monoisotopic (exact) mass is 765 g/mol. The first-order chi connectivity index (χ1) is 29.8. The second-order valence-electron chi connectivity index (χ2n) is 15.7. The molecule has 0 bridgehead atoms. The van der Waals surface area contributed by atoms with Crippen molar-refractivity contribution < 1.29 is 4.42 Å². The summed E-state index contributed by atoms with van der Waals surface area (Å²) in [4.78, 5) is 0. The van der Waals surface area contributed by atoms with Crippen LogP contribution < -0.4 is 0 Å². The minimum Gasteiger partial charge on any atom is -0.461 e. The Morgan fingerprint density at radius 1 is 0.267 bits per heavy atom. The Balaban J connectivity index is 1.22. The third-order valence-corrected chi connectivity index (χ3v) is 12.6. The van der Waals surface area contributed by atoms with Crippen LogP contribution in [0, 0.1) is 0 Å². The number of hydrogen-bond acceptors (Lipinski definition) is 1. The summed E-state index contributed by atoms with van der Waals surface area (Å²) in [5.74, 6) is 0. The molecule has 0 saturated heterocycles. The van der Waals surface area contributed by atoms with Crippen LogP contribution >= 0.6 is 0 Å². The molecule has 0 aliphatic carbocycles. The van der Waals surface area contributed by atoms with E-state index in [0.717, 1.165) is 49.7 Å². The molecule has 13 rings (SSSR count). The van der Waals surface area contributed by atoms with Gasteiger partial charge in [0.15, 0.2) is 5.58 Å². The van der Waals surface area contributed by atoms with Crippen LogP contribution in [-0.2, 0) is 0 Å². The van der Waals surface area contributed by atoms with E-state index in [-0.39, 0.29) is 0 Å². The van der Waals surface area contributed by atoms with Crippen LogP contribution in [0.1, 0.15) is 0 Å². The van der Waals surface area contributed by atoms with E-state index in [1.54, 1.807) is 6.26 Å². The third kappa shape index (κ3) is 4.73. The van der Waals surface area contributed by atoms with Gasteiger partial charge in [-0.2, -0.15) is 0 Å². The highest BCUT2D eigenvalue weighted by Gasteiger charge is 2.18. The summed E-state index contributed by atoms with van der Waals surface area (Å²) in [5.41, 5.74) is 9.89. The van der Waals surface area contributed by atoms with Gasteiger partial charge < -0.3 is 18.1 Å². The zero-order valence-electron chi connectivity index (χ0n) is 32.5. The van der Waals surface area contributed by atoms with E-state index in [1.165, 1.54) is 65.2 Å². The van der Waals surface area contributed by atoms with Crippen LogP contribution in [-0.4, -0.2) is 13.7 Å². The quantitative estimate of drug-likeness (QED) is 0.176. The lowest BCUT2D eigenvalue weighted by Gasteiger charge is -2.16. The molecule has 0 radical (unpaired) electrons. The largest absolute Gasteiger partial charge is 0.461 e. The van der Waals surface area contributed by atoms with E-state index in [9.17, 15) is 0 Å². The van der Waals surface area contributed by atoms with Crippen molar-refractivity contribution in [3.63, 3.8) is 0 Å². The molecule has 0 unspecified atom stereocenters. The van der Waals surface area contributed by atoms with Crippen molar-refractivity contribution in [3.8, 4) is 17.1 Å². The van der Waals surface area contributed by atoms with Gasteiger partial charge >= 0.3 is 0 Å². The van der Waals surface area contributed by atoms with Gasteiger partial charge in [-0.3, -0.25) is 0 Å². The Kier molecular flexibility index (Phi) is 6.98. The van der Waals surface area contributed by atoms with E-state index in [1.807, 2.05) is 6.20 Å². The first-order valence-electron chi connectivity index (χ1n) is 20.5. The van der Waals surface area contributed by atoms with Crippen molar-refractivity contribution >= 4 is 97.8 Å². The molecule has 280 valence electrons. The first-order valence-corrected chi connectivity index (χ1v) is 20.5. The van der Waals surface area contributed by atoms with Crippen LogP contribution in [0.5, 0.6) is 0 Å². The highest BCUT2D eigenvalue weighted by molar-refractivity contribution is 6.27. The van der Waals surface area contributed by atoms with E-state index < -0.39 is 0 Å². The molecule has 0 atom stereocenters. The van der Waals surface area contributed by atoms with Gasteiger partial charge in [0.25, 0.3) is 0 Å². The van der Waals surface area contributed by atoms with Crippen LogP contribution in [0.3, 0.4) is 0 Å². The Morgan fingerprint density at radius 3 is 1.15 bits per heavy atom. The summed E-state index contributed by atoms with van der Waals surface area (Å²) in [6.45, 7) is 0. The van der Waals surface area contributed by atoms with Crippen molar-refractivity contribution in [2.24, 2.45) is 0 Å². The van der Waals surface area contributed by atoms with E-state index >= 15 is 0 Å². The molecule has 3 heterocycles. The molecule has 13 aromatic rings. The van der Waals surface area contributed by atoms with Gasteiger partial charge in [0.05, 0.1) is 27.6 Å². The predicted octanol–water partition coefficient (Wildman–Crippen LogP) is 15.2. The van der Waals surface area contributed by atoms with Crippen LogP contribution in [0.4, 0.5) is 0 Å². The normalized spacial score (nSPS) is 12.0. The zero-order chi connectivity index (χ0) is 39.3. The third-order valence-electron chi connectivity index (χ3n) is 12.6. The van der Waals surface area contributed by atoms with Crippen LogP contribution in [0.15, 0.2) is 217 Å². The van der Waals surface area contributed by atoms with Crippen LogP contribution in [0.2, 0.25) is 0 Å². The summed E-state index contributed by atoms with van der Waals surface area (Å²) < 4.78 is 13.5. The fourth-order valence-corrected chi connectivity index (χ4v) is 9.97. The van der Waals surface area contributed by atoms with Crippen LogP contribution in [0.25, 0.3) is 115 Å². The molecule has 0 fully saturated rings. The SMILES string of the molecule is c1ccc(-n2ccoc3cc4c5ccccc5c5cc(-n6c7ccccc7c7ccccc76)ccc5c5ccc(-n6c7ccccc7c7ccccc76)cc5c4cc32)cc1. The van der Waals surface area contributed by atoms with Gasteiger partial charge in [-0.05, 0) is 116 Å². The summed E-state index contributed by atoms with van der Waals surface area (Å²) in [7, 11) is 0. The molecule has 3 aromatic heterocycles. The van der Waals surface area contributed by atoms with Gasteiger partial charge in [-0.1, -0.05) is 127 Å². The molecule has 0 spiro atoms. The van der Waals surface area contributed by atoms with Crippen molar-refractivity contribution in [3.05, 3.63) is 213 Å². The van der Waals surface area contributed by atoms with Gasteiger partial charge in [-0.15, -0.1) is 0 Å². The maximum Gasteiger partial charge on any atom is 0.151 e. The molecule has 0 aliphatic rings. The van der Waals surface area contributed by atoms with Gasteiger partial charge in [0, 0.05) is 44.8 Å². The molecule has 4 nitrogen and oxygen atoms in total. The molecule has 60 heavy (non-hydrogen) atoms. The predicted molar refractivity (Wildman–Crippen MR) is 252 cm³/mol. The highest BCUT2D eigenvalue weighted by atomic mass is 16.3. The average Bonchev–Trinajstić information content (AvgIpc) is 3.84. The summed E-state index contributed by atoms with van der Waals surface area (Å²) in [6, 6.07) is 73.0. The Labute approximate surface area is 344 Å². The molecular weight excluding hydrogens is 731 g/mol. The number of rotatable bonds is 3. The number of fused-ring (bicyclic) bond motifs is 15. The van der Waals surface area contributed by atoms with Crippen molar-refractivity contribution in [2.45, 2.75) is 0 Å². The minimum absolute atomic E-state index is 0.815. The number of benzene rings is 9. The summed E-state index contributed by atoms with van der Waals surface area (Å²) >= 11 is 0. The molecular formula is C56H35N3O. The van der Waals surface area contributed by atoms with E-state index in [0.29, 0.717) is 0 Å². The zero-order valence-corrected chi connectivity index (χ0v) is 32.5. The van der Waals surface area contributed by atoms with E-state index in [2.05, 4.69) is 214 Å². The number of hydrogen-bond donors (Lipinski definition) is 0. The lowest BCUT2D eigenvalue weighted by Crippen LogP contribution is -1.97. The molecule has 0 aliphatic heterocycles. The lowest BCUT2D eigenvalue weighted by atomic mass is 9.93. The molecule has 0 N–H and O–H groups in total. The Hall–Kier alpha value is -8.08. The van der Waals surface area contributed by atoms with E-state index in [4.69, 9.17) is 4.42 Å².